The van der Waals surface area contributed by atoms with E-state index in [1.54, 1.807) is 0 Å². The molecule has 0 spiro atoms. The van der Waals surface area contributed by atoms with Crippen LogP contribution >= 0.6 is 11.6 Å². The number of benzene rings is 1. The maximum absolute atomic E-state index is 13.1. The quantitative estimate of drug-likeness (QED) is 0.806. The number of nitrogens with one attached hydrogen (secondary N) is 1. The Balaban J connectivity index is 2.66. The van der Waals surface area contributed by atoms with E-state index in [9.17, 15) is 22.0 Å². The van der Waals surface area contributed by atoms with E-state index in [1.165, 1.54) is 19.1 Å². The first-order valence-corrected chi connectivity index (χ1v) is 5.46. The van der Waals surface area contributed by atoms with Gasteiger partial charge in [0.25, 0.3) is 0 Å². The Morgan fingerprint density at radius 2 is 1.94 bits per heavy atom. The molecule has 7 heteroatoms. The van der Waals surface area contributed by atoms with Crippen molar-refractivity contribution >= 4 is 11.6 Å². The van der Waals surface area contributed by atoms with Crippen LogP contribution in [0.4, 0.5) is 22.0 Å². The number of alkyl halides is 4. The van der Waals surface area contributed by atoms with Gasteiger partial charge in [-0.3, -0.25) is 0 Å². The molecule has 1 unspecified atom stereocenters. The van der Waals surface area contributed by atoms with Gasteiger partial charge in [0.2, 0.25) is 0 Å². The van der Waals surface area contributed by atoms with Crippen LogP contribution in [0, 0.1) is 5.82 Å². The van der Waals surface area contributed by atoms with Gasteiger partial charge < -0.3 is 5.32 Å². The topological polar surface area (TPSA) is 12.0 Å². The summed E-state index contributed by atoms with van der Waals surface area (Å²) in [5.74, 6) is -4.80. The first kappa shape index (κ1) is 15.2. The number of halogens is 6. The lowest BCUT2D eigenvalue weighted by Gasteiger charge is -2.20. The van der Waals surface area contributed by atoms with Crippen LogP contribution in [-0.4, -0.2) is 18.9 Å². The third-order valence-corrected chi connectivity index (χ3v) is 2.71. The highest BCUT2D eigenvalue weighted by Crippen LogP contribution is 2.24. The summed E-state index contributed by atoms with van der Waals surface area (Å²) in [5, 5.41) is 2.13. The highest BCUT2D eigenvalue weighted by atomic mass is 35.5. The molecule has 0 saturated carbocycles. The van der Waals surface area contributed by atoms with Crippen LogP contribution in [0.3, 0.4) is 0 Å². The Labute approximate surface area is 106 Å². The second-order valence-corrected chi connectivity index (χ2v) is 4.25. The lowest BCUT2D eigenvalue weighted by Crippen LogP contribution is -2.39. The molecule has 0 saturated heterocycles. The van der Waals surface area contributed by atoms with E-state index >= 15 is 0 Å². The van der Waals surface area contributed by atoms with Crippen LogP contribution in [0.2, 0.25) is 5.02 Å². The molecule has 1 N–H and O–H groups in total. The van der Waals surface area contributed by atoms with Crippen LogP contribution in [0.5, 0.6) is 0 Å². The maximum Gasteiger partial charge on any atom is 0.319 e. The Kier molecular flexibility index (Phi) is 4.92. The van der Waals surface area contributed by atoms with Gasteiger partial charge in [-0.05, 0) is 24.6 Å². The van der Waals surface area contributed by atoms with Crippen molar-refractivity contribution in [2.24, 2.45) is 0 Å². The van der Waals surface area contributed by atoms with E-state index in [1.807, 2.05) is 0 Å². The van der Waals surface area contributed by atoms with E-state index in [-0.39, 0.29) is 5.02 Å². The van der Waals surface area contributed by atoms with E-state index < -0.39 is 30.8 Å². The molecule has 1 nitrogen and oxygen atoms in total. The molecule has 0 aromatic heterocycles. The summed E-state index contributed by atoms with van der Waals surface area (Å²) in [6.07, 6.45) is -3.74. The maximum atomic E-state index is 13.1. The van der Waals surface area contributed by atoms with Gasteiger partial charge in [0.05, 0.1) is 11.6 Å². The molecule has 0 heterocycles. The Bertz CT molecular complexity index is 410. The summed E-state index contributed by atoms with van der Waals surface area (Å²) >= 11 is 5.46. The molecule has 0 amide bonds. The summed E-state index contributed by atoms with van der Waals surface area (Å²) in [4.78, 5) is 0. The van der Waals surface area contributed by atoms with Crippen LogP contribution < -0.4 is 5.32 Å². The Hall–Kier alpha value is -0.880. The Morgan fingerprint density at radius 3 is 2.44 bits per heavy atom. The highest BCUT2D eigenvalue weighted by Gasteiger charge is 2.40. The second-order valence-electron chi connectivity index (χ2n) is 3.84. The summed E-state index contributed by atoms with van der Waals surface area (Å²) in [6.45, 7) is 0.278. The molecular weight excluding hydrogens is 277 g/mol. The fourth-order valence-electron chi connectivity index (χ4n) is 1.27. The van der Waals surface area contributed by atoms with E-state index in [0.29, 0.717) is 5.56 Å². The average Bonchev–Trinajstić information content (AvgIpc) is 2.29. The molecule has 1 aromatic carbocycles. The van der Waals surface area contributed by atoms with Crippen molar-refractivity contribution in [1.29, 1.82) is 0 Å². The smallest absolute Gasteiger partial charge is 0.304 e. The predicted octanol–water partition coefficient (Wildman–Crippen LogP) is 4.03. The highest BCUT2D eigenvalue weighted by molar-refractivity contribution is 6.30. The van der Waals surface area contributed by atoms with Crippen molar-refractivity contribution in [2.75, 3.05) is 6.54 Å². The number of rotatable bonds is 5. The zero-order chi connectivity index (χ0) is 13.9. The van der Waals surface area contributed by atoms with Gasteiger partial charge in [-0.15, -0.1) is 0 Å². The van der Waals surface area contributed by atoms with Crippen molar-refractivity contribution in [1.82, 2.24) is 5.32 Å². The third kappa shape index (κ3) is 3.81. The molecule has 1 aromatic rings. The van der Waals surface area contributed by atoms with Gasteiger partial charge in [-0.2, -0.15) is 8.78 Å². The lowest BCUT2D eigenvalue weighted by molar-refractivity contribution is -0.126. The minimum atomic E-state index is -4.11. The summed E-state index contributed by atoms with van der Waals surface area (Å²) in [5.41, 5.74) is 0.349. The molecular formula is C11H11ClF5N. The van der Waals surface area contributed by atoms with Crippen LogP contribution in [0.25, 0.3) is 0 Å². The second kappa shape index (κ2) is 5.84. The standard InChI is InChI=1S/C11H11ClF5N/c1-6(18-5-11(16,17)10(14)15)7-2-3-8(12)9(13)4-7/h2-4,6,10,18H,5H2,1H3. The molecule has 0 radical (unpaired) electrons. The molecule has 102 valence electrons. The lowest BCUT2D eigenvalue weighted by atomic mass is 10.1. The monoisotopic (exact) mass is 287 g/mol. The normalized spacial score (nSPS) is 14.0. The fraction of sp³-hybridized carbons (Fsp3) is 0.455. The first-order valence-electron chi connectivity index (χ1n) is 5.08. The van der Waals surface area contributed by atoms with E-state index in [4.69, 9.17) is 11.6 Å². The molecule has 0 aliphatic rings. The molecule has 1 rings (SSSR count). The molecule has 0 aliphatic heterocycles. The zero-order valence-electron chi connectivity index (χ0n) is 9.36. The van der Waals surface area contributed by atoms with Gasteiger partial charge >= 0.3 is 12.3 Å². The van der Waals surface area contributed by atoms with Crippen LogP contribution in [0.1, 0.15) is 18.5 Å². The molecule has 18 heavy (non-hydrogen) atoms. The van der Waals surface area contributed by atoms with Gasteiger partial charge in [0, 0.05) is 6.04 Å². The van der Waals surface area contributed by atoms with Gasteiger partial charge in [0.1, 0.15) is 5.82 Å². The number of hydrogen-bond acceptors (Lipinski definition) is 1. The third-order valence-electron chi connectivity index (χ3n) is 2.41. The SMILES string of the molecule is CC(NCC(F)(F)C(F)F)c1ccc(Cl)c(F)c1. The van der Waals surface area contributed by atoms with E-state index in [0.717, 1.165) is 6.07 Å². The van der Waals surface area contributed by atoms with Crippen LogP contribution in [-0.2, 0) is 0 Å². The van der Waals surface area contributed by atoms with Gasteiger partial charge in [-0.1, -0.05) is 17.7 Å². The minimum Gasteiger partial charge on any atom is -0.304 e. The summed E-state index contributed by atoms with van der Waals surface area (Å²) < 4.78 is 62.3. The van der Waals surface area contributed by atoms with Crippen molar-refractivity contribution in [3.63, 3.8) is 0 Å². The van der Waals surface area contributed by atoms with Gasteiger partial charge in [-0.25, -0.2) is 13.2 Å². The van der Waals surface area contributed by atoms with Crippen molar-refractivity contribution < 1.29 is 22.0 Å². The molecule has 1 atom stereocenters. The summed E-state index contributed by atoms with van der Waals surface area (Å²) in [6, 6.07) is 3.08. The Morgan fingerprint density at radius 1 is 1.33 bits per heavy atom. The van der Waals surface area contributed by atoms with Crippen molar-refractivity contribution in [3.8, 4) is 0 Å². The summed E-state index contributed by atoms with van der Waals surface area (Å²) in [7, 11) is 0. The van der Waals surface area contributed by atoms with E-state index in [2.05, 4.69) is 5.32 Å². The van der Waals surface area contributed by atoms with Crippen molar-refractivity contribution in [3.05, 3.63) is 34.6 Å². The molecule has 0 bridgehead atoms. The van der Waals surface area contributed by atoms with Crippen LogP contribution in [0.15, 0.2) is 18.2 Å². The number of hydrogen-bond donors (Lipinski definition) is 1. The largest absolute Gasteiger partial charge is 0.319 e. The first-order chi connectivity index (χ1) is 8.24. The zero-order valence-corrected chi connectivity index (χ0v) is 10.1. The average molecular weight is 288 g/mol. The van der Waals surface area contributed by atoms with Gasteiger partial charge in [0.15, 0.2) is 0 Å². The predicted molar refractivity (Wildman–Crippen MR) is 58.8 cm³/mol. The fourth-order valence-corrected chi connectivity index (χ4v) is 1.38. The van der Waals surface area contributed by atoms with Crippen molar-refractivity contribution in [2.45, 2.75) is 25.3 Å². The molecule has 0 aliphatic carbocycles. The minimum absolute atomic E-state index is 0.0936. The molecule has 0 fully saturated rings.